The molecule has 1 fully saturated rings. The molecular formula is C18H18FNO. The van der Waals surface area contributed by atoms with Gasteiger partial charge in [0.2, 0.25) is 0 Å². The van der Waals surface area contributed by atoms with Gasteiger partial charge in [-0.15, -0.1) is 0 Å². The van der Waals surface area contributed by atoms with E-state index in [1.54, 1.807) is 12.2 Å². The Morgan fingerprint density at radius 1 is 1.33 bits per heavy atom. The fourth-order valence-electron chi connectivity index (χ4n) is 2.19. The van der Waals surface area contributed by atoms with E-state index in [9.17, 15) is 9.18 Å². The number of Topliss-reactive ketones (excluding diaryl/α,β-unsaturated/α-hetero) is 1. The minimum absolute atomic E-state index is 0.131. The summed E-state index contributed by atoms with van der Waals surface area (Å²) < 4.78 is 13.8. The number of hydrogen-bond donors (Lipinski definition) is 1. The first-order valence-corrected chi connectivity index (χ1v) is 6.90. The average molecular weight is 283 g/mol. The van der Waals surface area contributed by atoms with Crippen LogP contribution in [0.3, 0.4) is 0 Å². The van der Waals surface area contributed by atoms with Gasteiger partial charge in [0.1, 0.15) is 5.83 Å². The Labute approximate surface area is 124 Å². The van der Waals surface area contributed by atoms with Gasteiger partial charge in [-0.2, -0.15) is 0 Å². The summed E-state index contributed by atoms with van der Waals surface area (Å²) in [6.45, 7) is 6.00. The lowest BCUT2D eigenvalue weighted by molar-refractivity contribution is -0.114. The quantitative estimate of drug-likeness (QED) is 0.667. The highest BCUT2D eigenvalue weighted by atomic mass is 19.1. The van der Waals surface area contributed by atoms with Crippen molar-refractivity contribution < 1.29 is 9.18 Å². The van der Waals surface area contributed by atoms with Gasteiger partial charge in [-0.25, -0.2) is 4.39 Å². The van der Waals surface area contributed by atoms with E-state index in [0.717, 1.165) is 11.1 Å². The number of carbonyl (C=O) groups is 1. The Morgan fingerprint density at radius 2 is 2.05 bits per heavy atom. The van der Waals surface area contributed by atoms with Crippen molar-refractivity contribution >= 4 is 17.4 Å². The van der Waals surface area contributed by atoms with Crippen LogP contribution < -0.4 is 5.32 Å². The minimum atomic E-state index is -0.355. The maximum Gasteiger partial charge on any atom is 0.180 e. The molecule has 0 aliphatic carbocycles. The van der Waals surface area contributed by atoms with Crippen molar-refractivity contribution in [1.82, 2.24) is 5.32 Å². The van der Waals surface area contributed by atoms with E-state index in [0.29, 0.717) is 24.2 Å². The molecule has 0 unspecified atom stereocenters. The van der Waals surface area contributed by atoms with Crippen molar-refractivity contribution in [2.24, 2.45) is 0 Å². The zero-order valence-electron chi connectivity index (χ0n) is 12.0. The van der Waals surface area contributed by atoms with Gasteiger partial charge in [0.05, 0.1) is 5.70 Å². The van der Waals surface area contributed by atoms with E-state index in [4.69, 9.17) is 0 Å². The summed E-state index contributed by atoms with van der Waals surface area (Å²) in [6, 6.07) is 7.42. The first kappa shape index (κ1) is 15.0. The number of ketones is 1. The lowest BCUT2D eigenvalue weighted by Gasteiger charge is -2.05. The lowest BCUT2D eigenvalue weighted by Crippen LogP contribution is -2.05. The van der Waals surface area contributed by atoms with E-state index >= 15 is 0 Å². The second kappa shape index (κ2) is 6.84. The fraction of sp³-hybridized carbons (Fsp3) is 0.167. The van der Waals surface area contributed by atoms with Gasteiger partial charge in [0.15, 0.2) is 5.78 Å². The molecule has 1 aliphatic heterocycles. The summed E-state index contributed by atoms with van der Waals surface area (Å²) >= 11 is 0. The second-order valence-corrected chi connectivity index (χ2v) is 4.75. The molecule has 108 valence electrons. The van der Waals surface area contributed by atoms with Crippen molar-refractivity contribution in [3.05, 3.63) is 71.7 Å². The van der Waals surface area contributed by atoms with Crippen molar-refractivity contribution in [2.75, 3.05) is 6.54 Å². The average Bonchev–Trinajstić information content (AvgIpc) is 2.90. The summed E-state index contributed by atoms with van der Waals surface area (Å²) in [4.78, 5) is 11.6. The lowest BCUT2D eigenvalue weighted by atomic mass is 10.0. The minimum Gasteiger partial charge on any atom is -0.382 e. The summed E-state index contributed by atoms with van der Waals surface area (Å²) in [7, 11) is 0. The number of benzene rings is 1. The Balaban J connectivity index is 2.30. The van der Waals surface area contributed by atoms with Crippen LogP contribution in [-0.4, -0.2) is 12.3 Å². The molecule has 1 aromatic rings. The Bertz CT molecular complexity index is 636. The number of carbonyl (C=O) groups excluding carboxylic acids is 1. The van der Waals surface area contributed by atoms with Crippen LogP contribution in [0.2, 0.25) is 0 Å². The summed E-state index contributed by atoms with van der Waals surface area (Å²) in [5.74, 6) is -0.224. The van der Waals surface area contributed by atoms with Crippen LogP contribution in [0.25, 0.3) is 11.6 Å². The highest BCUT2D eigenvalue weighted by molar-refractivity contribution is 6.00. The largest absolute Gasteiger partial charge is 0.382 e. The van der Waals surface area contributed by atoms with Gasteiger partial charge in [0, 0.05) is 18.5 Å². The van der Waals surface area contributed by atoms with Gasteiger partial charge < -0.3 is 5.32 Å². The van der Waals surface area contributed by atoms with Crippen LogP contribution >= 0.6 is 0 Å². The molecule has 0 spiro atoms. The number of hydrogen-bond acceptors (Lipinski definition) is 2. The molecule has 0 aromatic heterocycles. The third-order valence-corrected chi connectivity index (χ3v) is 3.27. The third kappa shape index (κ3) is 3.57. The molecule has 21 heavy (non-hydrogen) atoms. The van der Waals surface area contributed by atoms with Crippen LogP contribution in [0.15, 0.2) is 60.6 Å². The standard InChI is InChI=1S/C18H18FNO/c1-3-5-15(16(19)4-2)14-8-6-13(7-9-14)12-17-18(21)10-11-20-17/h3-9,12,20H,2,10-11H2,1H3/b5-3-,16-15-,17-12-. The van der Waals surface area contributed by atoms with E-state index in [1.165, 1.54) is 6.08 Å². The van der Waals surface area contributed by atoms with Gasteiger partial charge in [-0.1, -0.05) is 43.0 Å². The summed E-state index contributed by atoms with van der Waals surface area (Å²) in [5, 5.41) is 3.06. The zero-order chi connectivity index (χ0) is 15.2. The van der Waals surface area contributed by atoms with Crippen LogP contribution in [0.5, 0.6) is 0 Å². The molecule has 0 amide bonds. The number of nitrogens with one attached hydrogen (secondary N) is 1. The molecule has 0 saturated carbocycles. The van der Waals surface area contributed by atoms with E-state index in [1.807, 2.05) is 37.3 Å². The molecule has 1 heterocycles. The van der Waals surface area contributed by atoms with Gasteiger partial charge >= 0.3 is 0 Å². The number of halogens is 1. The fourth-order valence-corrected chi connectivity index (χ4v) is 2.19. The van der Waals surface area contributed by atoms with E-state index in [2.05, 4.69) is 11.9 Å². The monoisotopic (exact) mass is 283 g/mol. The topological polar surface area (TPSA) is 29.1 Å². The van der Waals surface area contributed by atoms with E-state index < -0.39 is 0 Å². The molecule has 0 bridgehead atoms. The molecule has 1 aromatic carbocycles. The molecule has 0 radical (unpaired) electrons. The summed E-state index contributed by atoms with van der Waals surface area (Å²) in [6.07, 6.45) is 7.07. The predicted molar refractivity (Wildman–Crippen MR) is 85.1 cm³/mol. The van der Waals surface area contributed by atoms with Crippen LogP contribution in [0, 0.1) is 0 Å². The third-order valence-electron chi connectivity index (χ3n) is 3.27. The first-order chi connectivity index (χ1) is 10.2. The van der Waals surface area contributed by atoms with Crippen molar-refractivity contribution in [3.63, 3.8) is 0 Å². The molecule has 1 saturated heterocycles. The predicted octanol–water partition coefficient (Wildman–Crippen LogP) is 4.03. The Hall–Kier alpha value is -2.42. The maximum absolute atomic E-state index is 13.8. The molecule has 1 N–H and O–H groups in total. The second-order valence-electron chi connectivity index (χ2n) is 4.75. The number of rotatable bonds is 4. The molecule has 2 rings (SSSR count). The molecular weight excluding hydrogens is 265 g/mol. The zero-order valence-corrected chi connectivity index (χ0v) is 12.0. The van der Waals surface area contributed by atoms with Crippen molar-refractivity contribution in [1.29, 1.82) is 0 Å². The molecule has 1 aliphatic rings. The van der Waals surface area contributed by atoms with E-state index in [-0.39, 0.29) is 11.6 Å². The smallest absolute Gasteiger partial charge is 0.180 e. The van der Waals surface area contributed by atoms with Gasteiger partial charge in [-0.05, 0) is 30.2 Å². The Morgan fingerprint density at radius 3 is 2.57 bits per heavy atom. The van der Waals surface area contributed by atoms with Crippen LogP contribution in [-0.2, 0) is 4.79 Å². The van der Waals surface area contributed by atoms with Crippen molar-refractivity contribution in [3.8, 4) is 0 Å². The molecule has 2 nitrogen and oxygen atoms in total. The maximum atomic E-state index is 13.8. The molecule has 3 heteroatoms. The van der Waals surface area contributed by atoms with Gasteiger partial charge in [0.25, 0.3) is 0 Å². The van der Waals surface area contributed by atoms with Crippen molar-refractivity contribution in [2.45, 2.75) is 13.3 Å². The highest BCUT2D eigenvalue weighted by Gasteiger charge is 2.15. The first-order valence-electron chi connectivity index (χ1n) is 6.90. The normalized spacial score (nSPS) is 18.0. The SMILES string of the molecule is C=C/C(F)=C(\C=C/C)c1ccc(/C=C2\NCCC2=O)cc1. The highest BCUT2D eigenvalue weighted by Crippen LogP contribution is 2.23. The number of allylic oxidation sites excluding steroid dienone is 6. The summed E-state index contributed by atoms with van der Waals surface area (Å²) in [5.41, 5.74) is 2.83. The van der Waals surface area contributed by atoms with Gasteiger partial charge in [-0.3, -0.25) is 4.79 Å². The Kier molecular flexibility index (Phi) is 4.88. The van der Waals surface area contributed by atoms with Crippen LogP contribution in [0.1, 0.15) is 24.5 Å². The molecule has 0 atom stereocenters. The van der Waals surface area contributed by atoms with Crippen LogP contribution in [0.4, 0.5) is 4.39 Å².